The van der Waals surface area contributed by atoms with E-state index >= 15 is 0 Å². The summed E-state index contributed by atoms with van der Waals surface area (Å²) >= 11 is 4.81. The predicted octanol–water partition coefficient (Wildman–Crippen LogP) is 5.09. The number of pyridine rings is 1. The molecule has 11 heteroatoms. The van der Waals surface area contributed by atoms with Crippen LogP contribution in [-0.2, 0) is 4.74 Å². The number of benzene rings is 1. The summed E-state index contributed by atoms with van der Waals surface area (Å²) in [6.45, 7) is 4.90. The van der Waals surface area contributed by atoms with Gasteiger partial charge in [-0.1, -0.05) is 11.3 Å². The maximum Gasteiger partial charge on any atom is 0.260 e. The van der Waals surface area contributed by atoms with E-state index in [0.29, 0.717) is 34.9 Å². The molecule has 0 radical (unpaired) electrons. The molecule has 164 valence electrons. The van der Waals surface area contributed by atoms with E-state index in [1.165, 1.54) is 29.5 Å². The van der Waals surface area contributed by atoms with Crippen LogP contribution in [0.15, 0.2) is 45.4 Å². The van der Waals surface area contributed by atoms with Gasteiger partial charge in [-0.15, -0.1) is 10.2 Å². The van der Waals surface area contributed by atoms with Crippen molar-refractivity contribution in [3.63, 3.8) is 0 Å². The van der Waals surface area contributed by atoms with Crippen molar-refractivity contribution in [3.05, 3.63) is 52.5 Å². The summed E-state index contributed by atoms with van der Waals surface area (Å²) in [7, 11) is 0. The number of nitrogens with zero attached hydrogens (tertiary/aromatic N) is 5. The fourth-order valence-electron chi connectivity index (χ4n) is 3.19. The summed E-state index contributed by atoms with van der Waals surface area (Å²) in [5.74, 6) is 0.960. The highest BCUT2D eigenvalue weighted by atomic mass is 79.9. The lowest BCUT2D eigenvalue weighted by Crippen LogP contribution is -2.36. The van der Waals surface area contributed by atoms with E-state index in [4.69, 9.17) is 13.9 Å². The van der Waals surface area contributed by atoms with Gasteiger partial charge in [-0.3, -0.25) is 0 Å². The minimum atomic E-state index is -0.372. The summed E-state index contributed by atoms with van der Waals surface area (Å²) in [4.78, 5) is 12.0. The molecule has 32 heavy (non-hydrogen) atoms. The average molecular weight is 518 g/mol. The number of hydrogen-bond acceptors (Lipinski definition) is 9. The molecule has 0 saturated carbocycles. The average Bonchev–Trinajstić information content (AvgIpc) is 3.43. The second-order valence-electron chi connectivity index (χ2n) is 6.96. The summed E-state index contributed by atoms with van der Waals surface area (Å²) in [5, 5.41) is 9.34. The zero-order valence-electron chi connectivity index (χ0n) is 16.9. The highest BCUT2D eigenvalue weighted by Crippen LogP contribution is 2.38. The second kappa shape index (κ2) is 8.93. The van der Waals surface area contributed by atoms with Crippen molar-refractivity contribution in [2.45, 2.75) is 6.92 Å². The van der Waals surface area contributed by atoms with Crippen molar-refractivity contribution in [2.75, 3.05) is 31.2 Å². The van der Waals surface area contributed by atoms with Gasteiger partial charge in [0.25, 0.3) is 11.8 Å². The highest BCUT2D eigenvalue weighted by Gasteiger charge is 2.22. The quantitative estimate of drug-likeness (QED) is 0.361. The summed E-state index contributed by atoms with van der Waals surface area (Å²) in [6, 6.07) is 7.68. The van der Waals surface area contributed by atoms with Crippen LogP contribution in [0.1, 0.15) is 5.69 Å². The fourth-order valence-corrected chi connectivity index (χ4v) is 4.66. The standard InChI is InChI=1S/C21H17BrFN5O3S/c1-12-17(32-21(25-12)28-7-9-29-10-8-28)20-27-26-19(31-20)14-3-2-6-24-18(14)30-16-5-4-13(23)11-15(16)22/h2-6,11H,7-10H2,1H3. The van der Waals surface area contributed by atoms with Gasteiger partial charge < -0.3 is 18.8 Å². The molecule has 4 aromatic rings. The lowest BCUT2D eigenvalue weighted by atomic mass is 10.2. The smallest absolute Gasteiger partial charge is 0.260 e. The first-order chi connectivity index (χ1) is 15.6. The molecule has 3 aromatic heterocycles. The number of thiazole rings is 1. The number of morpholine rings is 1. The molecule has 8 nitrogen and oxygen atoms in total. The topological polar surface area (TPSA) is 86.4 Å². The van der Waals surface area contributed by atoms with Gasteiger partial charge in [-0.25, -0.2) is 14.4 Å². The van der Waals surface area contributed by atoms with Gasteiger partial charge in [0.2, 0.25) is 5.88 Å². The molecule has 1 aliphatic rings. The molecular weight excluding hydrogens is 501 g/mol. The maximum absolute atomic E-state index is 13.4. The molecule has 0 spiro atoms. The van der Waals surface area contributed by atoms with E-state index in [2.05, 4.69) is 41.0 Å². The molecule has 1 aliphatic heterocycles. The van der Waals surface area contributed by atoms with Crippen LogP contribution in [0.25, 0.3) is 22.2 Å². The molecule has 4 heterocycles. The first-order valence-corrected chi connectivity index (χ1v) is 11.4. The van der Waals surface area contributed by atoms with Gasteiger partial charge in [-0.2, -0.15) is 0 Å². The van der Waals surface area contributed by atoms with E-state index < -0.39 is 0 Å². The molecule has 0 amide bonds. The van der Waals surface area contributed by atoms with E-state index in [-0.39, 0.29) is 17.6 Å². The Kier molecular flexibility index (Phi) is 5.85. The van der Waals surface area contributed by atoms with E-state index in [0.717, 1.165) is 28.8 Å². The zero-order valence-corrected chi connectivity index (χ0v) is 19.3. The van der Waals surface area contributed by atoms with Gasteiger partial charge in [0, 0.05) is 19.3 Å². The van der Waals surface area contributed by atoms with Gasteiger partial charge in [-0.05, 0) is 53.2 Å². The summed E-state index contributed by atoms with van der Waals surface area (Å²) in [5.41, 5.74) is 1.35. The monoisotopic (exact) mass is 517 g/mol. The van der Waals surface area contributed by atoms with Crippen molar-refractivity contribution >= 4 is 32.4 Å². The molecule has 0 N–H and O–H groups in total. The molecule has 0 unspecified atom stereocenters. The third-order valence-electron chi connectivity index (χ3n) is 4.79. The Balaban J connectivity index is 1.44. The lowest BCUT2D eigenvalue weighted by molar-refractivity contribution is 0.122. The molecule has 0 bridgehead atoms. The van der Waals surface area contributed by atoms with Crippen molar-refractivity contribution in [3.8, 4) is 33.9 Å². The molecule has 1 saturated heterocycles. The molecule has 0 atom stereocenters. The van der Waals surface area contributed by atoms with Crippen LogP contribution < -0.4 is 9.64 Å². The minimum absolute atomic E-state index is 0.266. The number of ether oxygens (including phenoxy) is 2. The molecule has 1 fully saturated rings. The number of hydrogen-bond donors (Lipinski definition) is 0. The SMILES string of the molecule is Cc1nc(N2CCOCC2)sc1-c1nnc(-c2cccnc2Oc2ccc(F)cc2Br)o1. The molecule has 5 rings (SSSR count). The van der Waals surface area contributed by atoms with E-state index in [1.54, 1.807) is 18.3 Å². The molecule has 0 aliphatic carbocycles. The second-order valence-corrected chi connectivity index (χ2v) is 8.79. The number of halogens is 2. The van der Waals surface area contributed by atoms with E-state index in [1.807, 2.05) is 6.92 Å². The predicted molar refractivity (Wildman–Crippen MR) is 121 cm³/mol. The molecular formula is C21H17BrFN5O3S. The molecule has 1 aromatic carbocycles. The van der Waals surface area contributed by atoms with Gasteiger partial charge in [0.15, 0.2) is 5.13 Å². The minimum Gasteiger partial charge on any atom is -0.437 e. The Morgan fingerprint density at radius 3 is 2.78 bits per heavy atom. The number of rotatable bonds is 5. The van der Waals surface area contributed by atoms with Gasteiger partial charge in [0.1, 0.15) is 22.0 Å². The summed E-state index contributed by atoms with van der Waals surface area (Å²) < 4.78 is 31.2. The summed E-state index contributed by atoms with van der Waals surface area (Å²) in [6.07, 6.45) is 1.59. The number of anilines is 1. The van der Waals surface area contributed by atoms with Crippen LogP contribution >= 0.6 is 27.3 Å². The van der Waals surface area contributed by atoms with E-state index in [9.17, 15) is 4.39 Å². The van der Waals surface area contributed by atoms with Crippen LogP contribution in [0, 0.1) is 12.7 Å². The van der Waals surface area contributed by atoms with Crippen molar-refractivity contribution < 1.29 is 18.3 Å². The number of aromatic nitrogens is 4. The third-order valence-corrected chi connectivity index (χ3v) is 6.61. The Morgan fingerprint density at radius 1 is 1.16 bits per heavy atom. The highest BCUT2D eigenvalue weighted by molar-refractivity contribution is 9.10. The Hall–Kier alpha value is -2.89. The normalized spacial score (nSPS) is 14.0. The fraction of sp³-hybridized carbons (Fsp3) is 0.238. The Morgan fingerprint density at radius 2 is 1.97 bits per heavy atom. The zero-order chi connectivity index (χ0) is 22.1. The van der Waals surface area contributed by atoms with Crippen molar-refractivity contribution in [1.82, 2.24) is 20.2 Å². The van der Waals surface area contributed by atoms with Crippen LogP contribution in [0.3, 0.4) is 0 Å². The lowest BCUT2D eigenvalue weighted by Gasteiger charge is -2.25. The van der Waals surface area contributed by atoms with Crippen LogP contribution in [-0.4, -0.2) is 46.5 Å². The van der Waals surface area contributed by atoms with Crippen molar-refractivity contribution in [2.24, 2.45) is 0 Å². The first kappa shape index (κ1) is 21.0. The number of aryl methyl sites for hydroxylation is 1. The van der Waals surface area contributed by atoms with Crippen molar-refractivity contribution in [1.29, 1.82) is 0 Å². The van der Waals surface area contributed by atoms with Crippen LogP contribution in [0.5, 0.6) is 11.6 Å². The van der Waals surface area contributed by atoms with Gasteiger partial charge in [0.05, 0.1) is 23.4 Å². The maximum atomic E-state index is 13.4. The van der Waals surface area contributed by atoms with Gasteiger partial charge >= 0.3 is 0 Å². The largest absolute Gasteiger partial charge is 0.437 e. The van der Waals surface area contributed by atoms with Crippen LogP contribution in [0.2, 0.25) is 0 Å². The first-order valence-electron chi connectivity index (χ1n) is 9.81. The van der Waals surface area contributed by atoms with Crippen LogP contribution in [0.4, 0.5) is 9.52 Å². The Bertz CT molecular complexity index is 1260. The third kappa shape index (κ3) is 4.23. The Labute approximate surface area is 195 Å².